The quantitative estimate of drug-likeness (QED) is 0.924. The Labute approximate surface area is 105 Å². The second-order valence-electron chi connectivity index (χ2n) is 3.13. The minimum atomic E-state index is -0.345. The Morgan fingerprint density at radius 3 is 2.88 bits per heavy atom. The first kappa shape index (κ1) is 11.5. The molecule has 1 heterocycles. The highest BCUT2D eigenvalue weighted by Crippen LogP contribution is 2.21. The van der Waals surface area contributed by atoms with Gasteiger partial charge < -0.3 is 5.32 Å². The smallest absolute Gasteiger partial charge is 0.228 e. The standard InChI is InChI=1S/C11H6BrFN4/c12-9-5-7(1-2-10(9)13)16-11-15-4-3-8(6-14)17-11/h1-5H,(H,15,16,17). The van der Waals surface area contributed by atoms with E-state index in [0.29, 0.717) is 16.1 Å². The summed E-state index contributed by atoms with van der Waals surface area (Å²) >= 11 is 3.08. The molecule has 0 amide bonds. The van der Waals surface area contributed by atoms with Crippen molar-refractivity contribution in [2.45, 2.75) is 0 Å². The number of nitriles is 1. The third-order valence-electron chi connectivity index (χ3n) is 1.95. The lowest BCUT2D eigenvalue weighted by atomic mass is 10.3. The molecule has 0 saturated heterocycles. The zero-order valence-electron chi connectivity index (χ0n) is 8.48. The highest BCUT2D eigenvalue weighted by atomic mass is 79.9. The second-order valence-corrected chi connectivity index (χ2v) is 3.99. The molecular weight excluding hydrogens is 287 g/mol. The van der Waals surface area contributed by atoms with Crippen molar-refractivity contribution >= 4 is 27.6 Å². The summed E-state index contributed by atoms with van der Waals surface area (Å²) in [5, 5.41) is 11.6. The van der Waals surface area contributed by atoms with Crippen LogP contribution in [0.3, 0.4) is 0 Å². The summed E-state index contributed by atoms with van der Waals surface area (Å²) in [5.74, 6) is -0.0511. The third kappa shape index (κ3) is 2.77. The van der Waals surface area contributed by atoms with Crippen LogP contribution in [0.5, 0.6) is 0 Å². The fraction of sp³-hybridized carbons (Fsp3) is 0. The fourth-order valence-corrected chi connectivity index (χ4v) is 1.56. The summed E-state index contributed by atoms with van der Waals surface area (Å²) in [6, 6.07) is 7.86. The highest BCUT2D eigenvalue weighted by molar-refractivity contribution is 9.10. The van der Waals surface area contributed by atoms with Crippen molar-refractivity contribution in [1.29, 1.82) is 5.26 Å². The van der Waals surface area contributed by atoms with Gasteiger partial charge in [0, 0.05) is 11.9 Å². The molecule has 1 N–H and O–H groups in total. The van der Waals surface area contributed by atoms with E-state index in [4.69, 9.17) is 5.26 Å². The molecule has 0 fully saturated rings. The predicted octanol–water partition coefficient (Wildman–Crippen LogP) is 2.99. The molecule has 84 valence electrons. The molecule has 0 unspecified atom stereocenters. The van der Waals surface area contributed by atoms with Crippen LogP contribution < -0.4 is 5.32 Å². The van der Waals surface area contributed by atoms with E-state index in [1.54, 1.807) is 12.1 Å². The van der Waals surface area contributed by atoms with E-state index < -0.39 is 0 Å². The van der Waals surface area contributed by atoms with Gasteiger partial charge in [0.25, 0.3) is 0 Å². The van der Waals surface area contributed by atoms with E-state index in [-0.39, 0.29) is 11.5 Å². The van der Waals surface area contributed by atoms with Crippen LogP contribution >= 0.6 is 15.9 Å². The number of nitrogens with one attached hydrogen (secondary N) is 1. The summed E-state index contributed by atoms with van der Waals surface area (Å²) < 4.78 is 13.4. The Bertz CT molecular complexity index is 594. The number of hydrogen-bond acceptors (Lipinski definition) is 4. The van der Waals surface area contributed by atoms with Gasteiger partial charge in [-0.25, -0.2) is 14.4 Å². The predicted molar refractivity (Wildman–Crippen MR) is 64.1 cm³/mol. The van der Waals surface area contributed by atoms with Gasteiger partial charge in [-0.1, -0.05) is 0 Å². The van der Waals surface area contributed by atoms with Gasteiger partial charge in [0.15, 0.2) is 0 Å². The van der Waals surface area contributed by atoms with E-state index in [1.807, 2.05) is 6.07 Å². The van der Waals surface area contributed by atoms with Gasteiger partial charge in [-0.15, -0.1) is 0 Å². The van der Waals surface area contributed by atoms with Gasteiger partial charge in [-0.3, -0.25) is 0 Å². The third-order valence-corrected chi connectivity index (χ3v) is 2.55. The summed E-state index contributed by atoms with van der Waals surface area (Å²) in [6.45, 7) is 0. The first-order valence-corrected chi connectivity index (χ1v) is 5.43. The normalized spacial score (nSPS) is 9.71. The molecule has 1 aromatic heterocycles. The van der Waals surface area contributed by atoms with E-state index in [0.717, 1.165) is 0 Å². The molecule has 2 aromatic rings. The van der Waals surface area contributed by atoms with Gasteiger partial charge in [-0.05, 0) is 40.2 Å². The van der Waals surface area contributed by atoms with Gasteiger partial charge in [0.2, 0.25) is 5.95 Å². The van der Waals surface area contributed by atoms with E-state index in [1.165, 1.54) is 18.3 Å². The molecule has 2 rings (SSSR count). The molecule has 4 nitrogen and oxygen atoms in total. The summed E-state index contributed by atoms with van der Waals surface area (Å²) in [5.41, 5.74) is 0.900. The number of nitrogens with zero attached hydrogens (tertiary/aromatic N) is 3. The van der Waals surface area contributed by atoms with Gasteiger partial charge >= 0.3 is 0 Å². The maximum absolute atomic E-state index is 13.0. The lowest BCUT2D eigenvalue weighted by Gasteiger charge is -2.05. The van der Waals surface area contributed by atoms with Crippen molar-refractivity contribution < 1.29 is 4.39 Å². The Morgan fingerprint density at radius 2 is 2.18 bits per heavy atom. The average Bonchev–Trinajstić information content (AvgIpc) is 2.34. The Hall–Kier alpha value is -2.00. The summed E-state index contributed by atoms with van der Waals surface area (Å²) in [4.78, 5) is 7.90. The molecule has 0 radical (unpaired) electrons. The average molecular weight is 293 g/mol. The molecule has 17 heavy (non-hydrogen) atoms. The maximum Gasteiger partial charge on any atom is 0.228 e. The van der Waals surface area contributed by atoms with Crippen LogP contribution in [-0.2, 0) is 0 Å². The minimum Gasteiger partial charge on any atom is -0.324 e. The van der Waals surface area contributed by atoms with Crippen LogP contribution in [0.1, 0.15) is 5.69 Å². The molecule has 0 atom stereocenters. The van der Waals surface area contributed by atoms with Crippen LogP contribution in [0.25, 0.3) is 0 Å². The minimum absolute atomic E-state index is 0.267. The van der Waals surface area contributed by atoms with Crippen molar-refractivity contribution in [2.75, 3.05) is 5.32 Å². The van der Waals surface area contributed by atoms with E-state index >= 15 is 0 Å². The molecule has 0 aliphatic carbocycles. The van der Waals surface area contributed by atoms with Crippen molar-refractivity contribution in [2.24, 2.45) is 0 Å². The van der Waals surface area contributed by atoms with Crippen LogP contribution in [0.15, 0.2) is 34.9 Å². The molecular formula is C11H6BrFN4. The van der Waals surface area contributed by atoms with Crippen molar-refractivity contribution in [3.63, 3.8) is 0 Å². The number of halogens is 2. The number of rotatable bonds is 2. The largest absolute Gasteiger partial charge is 0.324 e. The Balaban J connectivity index is 2.25. The maximum atomic E-state index is 13.0. The number of aromatic nitrogens is 2. The monoisotopic (exact) mass is 292 g/mol. The summed E-state index contributed by atoms with van der Waals surface area (Å²) in [7, 11) is 0. The zero-order chi connectivity index (χ0) is 12.3. The van der Waals surface area contributed by atoms with Gasteiger partial charge in [-0.2, -0.15) is 5.26 Å². The first-order chi connectivity index (χ1) is 8.19. The highest BCUT2D eigenvalue weighted by Gasteiger charge is 2.03. The van der Waals surface area contributed by atoms with Crippen molar-refractivity contribution in [1.82, 2.24) is 9.97 Å². The summed E-state index contributed by atoms with van der Waals surface area (Å²) in [6.07, 6.45) is 1.48. The van der Waals surface area contributed by atoms with Crippen molar-refractivity contribution in [3.05, 3.63) is 46.4 Å². The van der Waals surface area contributed by atoms with Crippen molar-refractivity contribution in [3.8, 4) is 6.07 Å². The SMILES string of the molecule is N#Cc1ccnc(Nc2ccc(F)c(Br)c2)n1. The van der Waals surface area contributed by atoms with E-state index in [2.05, 4.69) is 31.2 Å². The number of anilines is 2. The zero-order valence-corrected chi connectivity index (χ0v) is 10.1. The van der Waals surface area contributed by atoms with Crippen LogP contribution in [0.2, 0.25) is 0 Å². The fourth-order valence-electron chi connectivity index (χ4n) is 1.18. The lowest BCUT2D eigenvalue weighted by molar-refractivity contribution is 0.621. The molecule has 0 bridgehead atoms. The molecule has 6 heteroatoms. The lowest BCUT2D eigenvalue weighted by Crippen LogP contribution is -1.98. The van der Waals surface area contributed by atoms with Crippen LogP contribution in [0, 0.1) is 17.1 Å². The van der Waals surface area contributed by atoms with E-state index in [9.17, 15) is 4.39 Å². The van der Waals surface area contributed by atoms with Gasteiger partial charge in [0.05, 0.1) is 4.47 Å². The van der Waals surface area contributed by atoms with Crippen LogP contribution in [0.4, 0.5) is 16.0 Å². The topological polar surface area (TPSA) is 61.6 Å². The first-order valence-electron chi connectivity index (χ1n) is 4.64. The molecule has 1 aromatic carbocycles. The number of hydrogen-bond donors (Lipinski definition) is 1. The molecule has 0 saturated carbocycles. The number of benzene rings is 1. The second kappa shape index (κ2) is 4.89. The Morgan fingerprint density at radius 1 is 1.35 bits per heavy atom. The Kier molecular flexibility index (Phi) is 3.30. The molecule has 0 aliphatic heterocycles. The molecule has 0 spiro atoms. The molecule has 0 aliphatic rings. The van der Waals surface area contributed by atoms with Crippen LogP contribution in [-0.4, -0.2) is 9.97 Å². The van der Waals surface area contributed by atoms with Gasteiger partial charge in [0.1, 0.15) is 17.6 Å².